The zero-order chi connectivity index (χ0) is 33.0. The van der Waals surface area contributed by atoms with Gasteiger partial charge in [0, 0.05) is 33.5 Å². The van der Waals surface area contributed by atoms with Crippen LogP contribution in [0.3, 0.4) is 0 Å². The molecule has 0 saturated carbocycles. The largest absolute Gasteiger partial charge is 0.378 e. The Kier molecular flexibility index (Phi) is 6.48. The van der Waals surface area contributed by atoms with Gasteiger partial charge in [-0.2, -0.15) is 0 Å². The van der Waals surface area contributed by atoms with Crippen molar-refractivity contribution in [1.82, 2.24) is 29.5 Å². The Labute approximate surface area is 288 Å². The molecule has 0 fully saturated rings. The van der Waals surface area contributed by atoms with Gasteiger partial charge in [-0.3, -0.25) is 4.57 Å². The molecule has 7 nitrogen and oxygen atoms in total. The van der Waals surface area contributed by atoms with Crippen LogP contribution in [0.4, 0.5) is 5.69 Å². The number of hydrogen-bond donors (Lipinski definition) is 1. The molecule has 5 aromatic carbocycles. The lowest BCUT2D eigenvalue weighted by Crippen LogP contribution is -2.17. The molecule has 10 rings (SSSR count). The second kappa shape index (κ2) is 11.5. The van der Waals surface area contributed by atoms with Gasteiger partial charge in [-0.15, -0.1) is 0 Å². The van der Waals surface area contributed by atoms with E-state index in [1.54, 1.807) is 12.4 Å². The number of rotatable bonds is 5. The average molecular weight is 644 g/mol. The average Bonchev–Trinajstić information content (AvgIpc) is 3.73. The van der Waals surface area contributed by atoms with Crippen LogP contribution < -0.4 is 5.32 Å². The predicted octanol–water partition coefficient (Wildman–Crippen LogP) is 9.43. The van der Waals surface area contributed by atoms with Gasteiger partial charge in [-0.05, 0) is 47.0 Å². The molecule has 236 valence electrons. The van der Waals surface area contributed by atoms with E-state index in [0.29, 0.717) is 35.1 Å². The highest BCUT2D eigenvalue weighted by Gasteiger charge is 2.30. The lowest BCUT2D eigenvalue weighted by Gasteiger charge is -2.15. The summed E-state index contributed by atoms with van der Waals surface area (Å²) in [6.07, 6.45) is 12.4. The van der Waals surface area contributed by atoms with E-state index < -0.39 is 0 Å². The van der Waals surface area contributed by atoms with Crippen LogP contribution in [0.5, 0.6) is 0 Å². The molecule has 0 spiro atoms. The predicted molar refractivity (Wildman–Crippen MR) is 200 cm³/mol. The minimum Gasteiger partial charge on any atom is -0.378 e. The smallest absolute Gasteiger partial charge is 0.184 e. The third-order valence-electron chi connectivity index (χ3n) is 9.67. The third kappa shape index (κ3) is 4.70. The fourth-order valence-electron chi connectivity index (χ4n) is 7.25. The molecule has 0 radical (unpaired) electrons. The quantitative estimate of drug-likeness (QED) is 0.201. The SMILES string of the molecule is C1=CC2Nc3ccc(-c4ccc5c(c4)c4ccccc4n5-c4cnc(-c5nc(-c6ccccc6)nc(-c6ccccc6)n5)cn4)cc3C2C=C1. The summed E-state index contributed by atoms with van der Waals surface area (Å²) in [6.45, 7) is 0. The van der Waals surface area contributed by atoms with E-state index in [2.05, 4.69) is 94.9 Å². The standard InChI is InChI=1S/C43H29N7/c1-3-11-27(12-4-1)41-47-42(28-13-5-2-6-14-28)49-43(48-41)37-25-45-40(26-44-37)50-38-18-10-8-16-32(38)34-24-30(20-22-39(34)50)29-19-21-36-33(23-29)31-15-7-9-17-35(31)46-36/h1-26,31,35,46H. The number of hydrogen-bond acceptors (Lipinski definition) is 6. The molecule has 8 aromatic rings. The van der Waals surface area contributed by atoms with Crippen molar-refractivity contribution in [2.45, 2.75) is 12.0 Å². The molecule has 0 saturated heterocycles. The van der Waals surface area contributed by atoms with Gasteiger partial charge in [0.1, 0.15) is 5.69 Å². The molecule has 0 bridgehead atoms. The summed E-state index contributed by atoms with van der Waals surface area (Å²) in [5, 5.41) is 5.99. The summed E-state index contributed by atoms with van der Waals surface area (Å²) in [6, 6.07) is 42.2. The minimum atomic E-state index is 0.320. The van der Waals surface area contributed by atoms with E-state index in [9.17, 15) is 0 Å². The fraction of sp³-hybridized carbons (Fsp3) is 0.0465. The van der Waals surface area contributed by atoms with Crippen molar-refractivity contribution in [3.63, 3.8) is 0 Å². The Bertz CT molecular complexity index is 2570. The first-order valence-electron chi connectivity index (χ1n) is 16.8. The molecule has 0 amide bonds. The van der Waals surface area contributed by atoms with Crippen molar-refractivity contribution in [3.05, 3.63) is 164 Å². The summed E-state index contributed by atoms with van der Waals surface area (Å²) in [7, 11) is 0. The molecular weight excluding hydrogens is 615 g/mol. The monoisotopic (exact) mass is 643 g/mol. The maximum absolute atomic E-state index is 4.94. The van der Waals surface area contributed by atoms with Crippen LogP contribution in [0, 0.1) is 0 Å². The van der Waals surface area contributed by atoms with Crippen LogP contribution in [0.15, 0.2) is 158 Å². The maximum Gasteiger partial charge on any atom is 0.184 e. The van der Waals surface area contributed by atoms with Crippen LogP contribution in [0.25, 0.3) is 73.0 Å². The van der Waals surface area contributed by atoms with E-state index in [1.165, 1.54) is 27.8 Å². The van der Waals surface area contributed by atoms with Crippen molar-refractivity contribution < 1.29 is 0 Å². The van der Waals surface area contributed by atoms with E-state index >= 15 is 0 Å². The number of para-hydroxylation sites is 1. The second-order valence-electron chi connectivity index (χ2n) is 12.7. The first-order chi connectivity index (χ1) is 24.8. The molecule has 3 aromatic heterocycles. The number of allylic oxidation sites excluding steroid dienone is 2. The molecule has 4 heterocycles. The fourth-order valence-corrected chi connectivity index (χ4v) is 7.25. The van der Waals surface area contributed by atoms with E-state index in [0.717, 1.165) is 33.4 Å². The molecule has 2 unspecified atom stereocenters. The molecule has 1 aliphatic carbocycles. The zero-order valence-electron chi connectivity index (χ0n) is 26.8. The van der Waals surface area contributed by atoms with Crippen LogP contribution in [0.1, 0.15) is 11.5 Å². The van der Waals surface area contributed by atoms with Crippen LogP contribution in [-0.4, -0.2) is 35.5 Å². The third-order valence-corrected chi connectivity index (χ3v) is 9.67. The molecule has 2 atom stereocenters. The first-order valence-corrected chi connectivity index (χ1v) is 16.8. The Balaban J connectivity index is 1.05. The lowest BCUT2D eigenvalue weighted by molar-refractivity contribution is 0.805. The normalized spacial score (nSPS) is 16.0. The van der Waals surface area contributed by atoms with E-state index in [4.69, 9.17) is 24.9 Å². The number of anilines is 1. The van der Waals surface area contributed by atoms with Crippen LogP contribution in [0.2, 0.25) is 0 Å². The number of nitrogens with one attached hydrogen (secondary N) is 1. The molecule has 2 aliphatic rings. The van der Waals surface area contributed by atoms with Crippen molar-refractivity contribution in [2.24, 2.45) is 0 Å². The molecule has 7 heteroatoms. The second-order valence-corrected chi connectivity index (χ2v) is 12.7. The number of aromatic nitrogens is 6. The Morgan fingerprint density at radius 1 is 0.520 bits per heavy atom. The highest BCUT2D eigenvalue weighted by molar-refractivity contribution is 6.10. The summed E-state index contributed by atoms with van der Waals surface area (Å²) in [5.74, 6) is 2.73. The highest BCUT2D eigenvalue weighted by Crippen LogP contribution is 2.42. The topological polar surface area (TPSA) is 81.4 Å². The summed E-state index contributed by atoms with van der Waals surface area (Å²) in [5.41, 5.74) is 9.47. The lowest BCUT2D eigenvalue weighted by atomic mass is 9.90. The Morgan fingerprint density at radius 3 is 1.94 bits per heavy atom. The van der Waals surface area contributed by atoms with E-state index in [-0.39, 0.29) is 0 Å². The molecular formula is C43H29N7. The van der Waals surface area contributed by atoms with Gasteiger partial charge in [0.15, 0.2) is 23.3 Å². The van der Waals surface area contributed by atoms with Gasteiger partial charge in [0.2, 0.25) is 0 Å². The van der Waals surface area contributed by atoms with Gasteiger partial charge in [0.05, 0.1) is 29.5 Å². The van der Waals surface area contributed by atoms with E-state index in [1.807, 2.05) is 60.7 Å². The number of benzene rings is 5. The van der Waals surface area contributed by atoms with Gasteiger partial charge in [0.25, 0.3) is 0 Å². The van der Waals surface area contributed by atoms with Gasteiger partial charge in [-0.25, -0.2) is 24.9 Å². The van der Waals surface area contributed by atoms with Crippen molar-refractivity contribution in [3.8, 4) is 51.2 Å². The minimum absolute atomic E-state index is 0.320. The summed E-state index contributed by atoms with van der Waals surface area (Å²) in [4.78, 5) is 24.3. The molecule has 1 aliphatic heterocycles. The van der Waals surface area contributed by atoms with Crippen molar-refractivity contribution in [2.75, 3.05) is 5.32 Å². The molecule has 50 heavy (non-hydrogen) atoms. The highest BCUT2D eigenvalue weighted by atomic mass is 15.1. The Hall–Kier alpha value is -6.73. The zero-order valence-corrected chi connectivity index (χ0v) is 26.8. The van der Waals surface area contributed by atoms with Crippen LogP contribution in [-0.2, 0) is 0 Å². The first kappa shape index (κ1) is 28.3. The van der Waals surface area contributed by atoms with Gasteiger partial charge >= 0.3 is 0 Å². The molecule has 1 N–H and O–H groups in total. The van der Waals surface area contributed by atoms with Crippen molar-refractivity contribution >= 4 is 27.5 Å². The van der Waals surface area contributed by atoms with Crippen LogP contribution >= 0.6 is 0 Å². The van der Waals surface area contributed by atoms with Gasteiger partial charge < -0.3 is 5.32 Å². The number of nitrogens with zero attached hydrogens (tertiary/aromatic N) is 6. The summed E-state index contributed by atoms with van der Waals surface area (Å²) < 4.78 is 2.18. The van der Waals surface area contributed by atoms with Gasteiger partial charge in [-0.1, -0.05) is 115 Å². The number of fused-ring (bicyclic) bond motifs is 6. The summed E-state index contributed by atoms with van der Waals surface area (Å²) >= 11 is 0. The maximum atomic E-state index is 4.94. The Morgan fingerprint density at radius 2 is 1.18 bits per heavy atom. The van der Waals surface area contributed by atoms with Crippen molar-refractivity contribution in [1.29, 1.82) is 0 Å².